The number of likely N-dealkylation sites (N-methyl/N-ethyl adjacent to an activating group) is 1. The fraction of sp³-hybridized carbons (Fsp3) is 0.636. The van der Waals surface area contributed by atoms with E-state index in [1.54, 1.807) is 0 Å². The molecule has 0 saturated carbocycles. The highest BCUT2D eigenvalue weighted by Crippen LogP contribution is 1.84. The summed E-state index contributed by atoms with van der Waals surface area (Å²) in [7, 11) is 1.37. The van der Waals surface area contributed by atoms with Crippen molar-refractivity contribution in [2.75, 3.05) is 20.2 Å². The second kappa shape index (κ2) is 8.86. The van der Waals surface area contributed by atoms with Crippen LogP contribution >= 0.6 is 0 Å². The molecule has 0 rings (SSSR count). The van der Waals surface area contributed by atoms with Crippen LogP contribution in [0, 0.1) is 0 Å². The molecule has 0 spiro atoms. The topological polar surface area (TPSA) is 137 Å². The number of aliphatic hydroxyl groups excluding tert-OH is 1. The monoisotopic (exact) mass is 288 g/mol. The molecule has 4 amide bonds. The van der Waals surface area contributed by atoms with Gasteiger partial charge in [-0.15, -0.1) is 0 Å². The highest BCUT2D eigenvalue weighted by Gasteiger charge is 2.19. The molecule has 0 radical (unpaired) electrons. The van der Waals surface area contributed by atoms with Crippen molar-refractivity contribution < 1.29 is 24.3 Å². The molecule has 9 nitrogen and oxygen atoms in total. The van der Waals surface area contributed by atoms with Crippen LogP contribution in [0.2, 0.25) is 0 Å². The summed E-state index contributed by atoms with van der Waals surface area (Å²) in [6.45, 7) is 1.82. The Kier molecular flexibility index (Phi) is 7.90. The number of carbonyl (C=O) groups is 4. The minimum Gasteiger partial charge on any atom is -0.394 e. The van der Waals surface area contributed by atoms with Crippen LogP contribution < -0.4 is 21.3 Å². The molecule has 0 aliphatic rings. The lowest BCUT2D eigenvalue weighted by Crippen LogP contribution is -2.52. The predicted octanol–water partition coefficient (Wildman–Crippen LogP) is -3.15. The zero-order valence-electron chi connectivity index (χ0n) is 11.6. The predicted molar refractivity (Wildman–Crippen MR) is 69.4 cm³/mol. The molecule has 0 aromatic carbocycles. The molecule has 0 saturated heterocycles. The van der Waals surface area contributed by atoms with Crippen LogP contribution in [0.4, 0.5) is 0 Å². The highest BCUT2D eigenvalue weighted by atomic mass is 16.3. The van der Waals surface area contributed by atoms with Gasteiger partial charge in [-0.05, 0) is 6.92 Å². The Bertz CT molecular complexity index is 385. The molecule has 0 aromatic rings. The zero-order chi connectivity index (χ0) is 15.7. The van der Waals surface area contributed by atoms with Crippen molar-refractivity contribution in [3.8, 4) is 0 Å². The Balaban J connectivity index is 4.18. The van der Waals surface area contributed by atoms with Crippen molar-refractivity contribution in [3.63, 3.8) is 0 Å². The van der Waals surface area contributed by atoms with E-state index in [4.69, 9.17) is 5.11 Å². The van der Waals surface area contributed by atoms with Crippen molar-refractivity contribution in [1.82, 2.24) is 21.3 Å². The summed E-state index contributed by atoms with van der Waals surface area (Å²) in [5, 5.41) is 18.1. The Morgan fingerprint density at radius 3 is 2.15 bits per heavy atom. The molecule has 0 bridgehead atoms. The third-order valence-electron chi connectivity index (χ3n) is 2.32. The van der Waals surface area contributed by atoms with Gasteiger partial charge in [0.2, 0.25) is 23.6 Å². The maximum Gasteiger partial charge on any atom is 0.244 e. The van der Waals surface area contributed by atoms with Gasteiger partial charge in [-0.1, -0.05) is 0 Å². The molecule has 20 heavy (non-hydrogen) atoms. The van der Waals surface area contributed by atoms with Crippen LogP contribution in [0.1, 0.15) is 13.8 Å². The standard InChI is InChI=1S/C11H20N4O5/c1-6(14-7(2)17)10(19)13-4-9(18)15-8(5-16)11(20)12-3/h6,8,16H,4-5H2,1-3H3,(H,12,20)(H,13,19)(H,14,17)(H,15,18)/t6-,8-/m0/s1. The van der Waals surface area contributed by atoms with Gasteiger partial charge in [-0.2, -0.15) is 0 Å². The third kappa shape index (κ3) is 6.69. The normalized spacial score (nSPS) is 12.8. The van der Waals surface area contributed by atoms with Crippen LogP contribution in [0.3, 0.4) is 0 Å². The number of nitrogens with one attached hydrogen (secondary N) is 4. The van der Waals surface area contributed by atoms with Crippen LogP contribution in [-0.4, -0.2) is 61.0 Å². The molecule has 0 unspecified atom stereocenters. The number of amides is 4. The summed E-state index contributed by atoms with van der Waals surface area (Å²) < 4.78 is 0. The summed E-state index contributed by atoms with van der Waals surface area (Å²) in [6.07, 6.45) is 0. The number of hydrogen-bond donors (Lipinski definition) is 5. The van der Waals surface area contributed by atoms with E-state index < -0.39 is 36.4 Å². The van der Waals surface area contributed by atoms with Crippen LogP contribution in [0.25, 0.3) is 0 Å². The number of hydrogen-bond acceptors (Lipinski definition) is 5. The molecule has 0 fully saturated rings. The molecule has 114 valence electrons. The van der Waals surface area contributed by atoms with Crippen molar-refractivity contribution in [2.24, 2.45) is 0 Å². The molecule has 0 aliphatic heterocycles. The van der Waals surface area contributed by atoms with E-state index >= 15 is 0 Å². The van der Waals surface area contributed by atoms with E-state index in [9.17, 15) is 19.2 Å². The van der Waals surface area contributed by atoms with Gasteiger partial charge in [-0.3, -0.25) is 19.2 Å². The SMILES string of the molecule is CNC(=O)[C@H](CO)NC(=O)CNC(=O)[C@H](C)NC(C)=O. The number of aliphatic hydroxyl groups is 1. The summed E-state index contributed by atoms with van der Waals surface area (Å²) >= 11 is 0. The first-order valence-corrected chi connectivity index (χ1v) is 5.98. The minimum atomic E-state index is -1.07. The minimum absolute atomic E-state index is 0.364. The van der Waals surface area contributed by atoms with Crippen LogP contribution in [0.15, 0.2) is 0 Å². The number of rotatable bonds is 7. The van der Waals surface area contributed by atoms with E-state index in [-0.39, 0.29) is 12.5 Å². The molecule has 0 aromatic heterocycles. The average molecular weight is 288 g/mol. The first-order chi connectivity index (χ1) is 9.31. The molecule has 0 heterocycles. The molecule has 5 N–H and O–H groups in total. The lowest BCUT2D eigenvalue weighted by Gasteiger charge is -2.16. The Labute approximate surface area is 116 Å². The Hall–Kier alpha value is -2.16. The van der Waals surface area contributed by atoms with E-state index in [2.05, 4.69) is 21.3 Å². The average Bonchev–Trinajstić information content (AvgIpc) is 2.40. The molecular weight excluding hydrogens is 268 g/mol. The zero-order valence-corrected chi connectivity index (χ0v) is 11.6. The van der Waals surface area contributed by atoms with Gasteiger partial charge >= 0.3 is 0 Å². The largest absolute Gasteiger partial charge is 0.394 e. The van der Waals surface area contributed by atoms with Gasteiger partial charge in [-0.25, -0.2) is 0 Å². The maximum atomic E-state index is 11.5. The second-order valence-corrected chi connectivity index (χ2v) is 4.06. The van der Waals surface area contributed by atoms with Crippen LogP contribution in [-0.2, 0) is 19.2 Å². The lowest BCUT2D eigenvalue weighted by atomic mass is 10.3. The van der Waals surface area contributed by atoms with E-state index in [1.807, 2.05) is 0 Å². The quantitative estimate of drug-likeness (QED) is 0.337. The summed E-state index contributed by atoms with van der Waals surface area (Å²) in [4.78, 5) is 44.9. The van der Waals surface area contributed by atoms with Gasteiger partial charge in [0.1, 0.15) is 12.1 Å². The second-order valence-electron chi connectivity index (χ2n) is 4.06. The van der Waals surface area contributed by atoms with Crippen molar-refractivity contribution >= 4 is 23.6 Å². The molecule has 0 aliphatic carbocycles. The fourth-order valence-corrected chi connectivity index (χ4v) is 1.30. The van der Waals surface area contributed by atoms with Gasteiger partial charge in [0.15, 0.2) is 0 Å². The van der Waals surface area contributed by atoms with Crippen molar-refractivity contribution in [2.45, 2.75) is 25.9 Å². The number of carbonyl (C=O) groups excluding carboxylic acids is 4. The lowest BCUT2D eigenvalue weighted by molar-refractivity contribution is -0.131. The van der Waals surface area contributed by atoms with Crippen molar-refractivity contribution in [1.29, 1.82) is 0 Å². The first kappa shape index (κ1) is 17.8. The van der Waals surface area contributed by atoms with Gasteiger partial charge in [0, 0.05) is 14.0 Å². The smallest absolute Gasteiger partial charge is 0.244 e. The van der Waals surface area contributed by atoms with E-state index in [0.29, 0.717) is 0 Å². The molecule has 2 atom stereocenters. The summed E-state index contributed by atoms with van der Waals surface area (Å²) in [5.41, 5.74) is 0. The first-order valence-electron chi connectivity index (χ1n) is 5.98. The third-order valence-corrected chi connectivity index (χ3v) is 2.32. The van der Waals surface area contributed by atoms with Gasteiger partial charge < -0.3 is 26.4 Å². The van der Waals surface area contributed by atoms with E-state index in [1.165, 1.54) is 20.9 Å². The molecule has 9 heteroatoms. The van der Waals surface area contributed by atoms with Crippen molar-refractivity contribution in [3.05, 3.63) is 0 Å². The maximum absolute atomic E-state index is 11.5. The highest BCUT2D eigenvalue weighted by molar-refractivity contribution is 5.92. The van der Waals surface area contributed by atoms with E-state index in [0.717, 1.165) is 0 Å². The molecular formula is C11H20N4O5. The fourth-order valence-electron chi connectivity index (χ4n) is 1.30. The Morgan fingerprint density at radius 2 is 1.70 bits per heavy atom. The van der Waals surface area contributed by atoms with Crippen LogP contribution in [0.5, 0.6) is 0 Å². The Morgan fingerprint density at radius 1 is 1.10 bits per heavy atom. The summed E-state index contributed by atoms with van der Waals surface area (Å²) in [6, 6.07) is -1.84. The van der Waals surface area contributed by atoms with Gasteiger partial charge in [0.05, 0.1) is 13.2 Å². The van der Waals surface area contributed by atoms with Gasteiger partial charge in [0.25, 0.3) is 0 Å². The summed E-state index contributed by atoms with van der Waals surface area (Å²) in [5.74, 6) is -2.07.